The van der Waals surface area contributed by atoms with Gasteiger partial charge in [0.05, 0.1) is 12.9 Å². The fourth-order valence-corrected chi connectivity index (χ4v) is 4.45. The minimum Gasteiger partial charge on any atom is -0.497 e. The molecule has 0 fully saturated rings. The summed E-state index contributed by atoms with van der Waals surface area (Å²) in [6.45, 7) is 2.06. The number of imidazole rings is 1. The first-order valence-electron chi connectivity index (χ1n) is 9.13. The summed E-state index contributed by atoms with van der Waals surface area (Å²) in [5.74, 6) is 1.03. The van der Waals surface area contributed by atoms with E-state index in [2.05, 4.69) is 39.6 Å². The third-order valence-corrected chi connectivity index (χ3v) is 6.30. The molecule has 0 bridgehead atoms. The van der Waals surface area contributed by atoms with E-state index in [9.17, 15) is 4.79 Å². The highest BCUT2D eigenvalue weighted by atomic mass is 32.2. The first-order valence-corrected chi connectivity index (χ1v) is 10.9. The fraction of sp³-hybridized carbons (Fsp3) is 0.143. The molecule has 9 heteroatoms. The Morgan fingerprint density at radius 2 is 2.03 bits per heavy atom. The SMILES string of the molecule is COc1ccc(NC(=O)c2nnc(CSc3nccn3-c3cccc(C)c3)s2)cc1. The summed E-state index contributed by atoms with van der Waals surface area (Å²) >= 11 is 2.83. The Labute approximate surface area is 182 Å². The topological polar surface area (TPSA) is 81.9 Å². The smallest absolute Gasteiger partial charge is 0.286 e. The third-order valence-electron chi connectivity index (χ3n) is 4.22. The van der Waals surface area contributed by atoms with E-state index in [4.69, 9.17) is 4.74 Å². The van der Waals surface area contributed by atoms with Gasteiger partial charge in [-0.3, -0.25) is 9.36 Å². The first kappa shape index (κ1) is 20.1. The molecule has 0 aliphatic heterocycles. The van der Waals surface area contributed by atoms with Crippen molar-refractivity contribution in [1.29, 1.82) is 0 Å². The summed E-state index contributed by atoms with van der Waals surface area (Å²) in [5.41, 5.74) is 2.92. The number of aromatic nitrogens is 4. The van der Waals surface area contributed by atoms with Crippen LogP contribution in [0.4, 0.5) is 5.69 Å². The molecule has 1 N–H and O–H groups in total. The van der Waals surface area contributed by atoms with Crippen LogP contribution >= 0.6 is 23.1 Å². The Hall–Kier alpha value is -3.17. The largest absolute Gasteiger partial charge is 0.497 e. The van der Waals surface area contributed by atoms with Crippen LogP contribution in [-0.4, -0.2) is 32.8 Å². The molecule has 0 atom stereocenters. The van der Waals surface area contributed by atoms with Gasteiger partial charge in [0.15, 0.2) is 5.16 Å². The lowest BCUT2D eigenvalue weighted by Gasteiger charge is -2.07. The molecule has 0 saturated carbocycles. The zero-order valence-corrected chi connectivity index (χ0v) is 18.0. The quantitative estimate of drug-likeness (QED) is 0.426. The van der Waals surface area contributed by atoms with Gasteiger partial charge in [-0.2, -0.15) is 0 Å². The second-order valence-corrected chi connectivity index (χ2v) is 8.40. The molecule has 1 amide bonds. The van der Waals surface area contributed by atoms with Crippen LogP contribution in [0.15, 0.2) is 66.1 Å². The molecule has 7 nitrogen and oxygen atoms in total. The monoisotopic (exact) mass is 437 g/mol. The predicted octanol–water partition coefficient (Wildman–Crippen LogP) is 4.59. The van der Waals surface area contributed by atoms with Crippen molar-refractivity contribution in [3.05, 3.63) is 76.5 Å². The normalized spacial score (nSPS) is 10.7. The van der Waals surface area contributed by atoms with Crippen LogP contribution in [0.3, 0.4) is 0 Å². The molecule has 0 saturated heterocycles. The molecule has 152 valence electrons. The maximum absolute atomic E-state index is 12.4. The number of carbonyl (C=O) groups excluding carboxylic acids is 1. The van der Waals surface area contributed by atoms with Crippen molar-refractivity contribution in [3.63, 3.8) is 0 Å². The van der Waals surface area contributed by atoms with Crippen molar-refractivity contribution in [1.82, 2.24) is 19.7 Å². The summed E-state index contributed by atoms with van der Waals surface area (Å²) < 4.78 is 7.16. The zero-order valence-electron chi connectivity index (χ0n) is 16.4. The number of carbonyl (C=O) groups is 1. The second-order valence-electron chi connectivity index (χ2n) is 6.39. The lowest BCUT2D eigenvalue weighted by molar-refractivity contribution is 0.102. The number of methoxy groups -OCH3 is 1. The zero-order chi connectivity index (χ0) is 20.9. The van der Waals surface area contributed by atoms with Crippen molar-refractivity contribution in [2.24, 2.45) is 0 Å². The molecule has 0 unspecified atom stereocenters. The number of anilines is 1. The van der Waals surface area contributed by atoms with Gasteiger partial charge in [-0.15, -0.1) is 10.2 Å². The maximum Gasteiger partial charge on any atom is 0.286 e. The minimum absolute atomic E-state index is 0.282. The molecule has 0 spiro atoms. The number of benzene rings is 2. The minimum atomic E-state index is -0.282. The Balaban J connectivity index is 1.39. The molecule has 0 aliphatic carbocycles. The number of hydrogen-bond acceptors (Lipinski definition) is 7. The van der Waals surface area contributed by atoms with Crippen LogP contribution in [0.2, 0.25) is 0 Å². The highest BCUT2D eigenvalue weighted by Gasteiger charge is 2.14. The number of aryl methyl sites for hydroxylation is 1. The average Bonchev–Trinajstić information content (AvgIpc) is 3.42. The number of thioether (sulfide) groups is 1. The fourth-order valence-electron chi connectivity index (χ4n) is 2.76. The van der Waals surface area contributed by atoms with Gasteiger partial charge in [-0.1, -0.05) is 35.2 Å². The van der Waals surface area contributed by atoms with Crippen LogP contribution in [-0.2, 0) is 5.75 Å². The van der Waals surface area contributed by atoms with E-state index < -0.39 is 0 Å². The van der Waals surface area contributed by atoms with Gasteiger partial charge in [0, 0.05) is 23.8 Å². The predicted molar refractivity (Wildman–Crippen MR) is 119 cm³/mol. The number of hydrogen-bond donors (Lipinski definition) is 1. The average molecular weight is 438 g/mol. The van der Waals surface area contributed by atoms with E-state index in [1.54, 1.807) is 49.3 Å². The number of nitrogens with one attached hydrogen (secondary N) is 1. The number of ether oxygens (including phenoxy) is 1. The van der Waals surface area contributed by atoms with Gasteiger partial charge in [-0.25, -0.2) is 4.98 Å². The molecule has 2 heterocycles. The van der Waals surface area contributed by atoms with Gasteiger partial charge in [0.1, 0.15) is 10.8 Å². The third kappa shape index (κ3) is 4.69. The van der Waals surface area contributed by atoms with Crippen LogP contribution in [0, 0.1) is 6.92 Å². The van der Waals surface area contributed by atoms with Gasteiger partial charge < -0.3 is 10.1 Å². The van der Waals surface area contributed by atoms with Crippen LogP contribution in [0.5, 0.6) is 5.75 Å². The van der Waals surface area contributed by atoms with Gasteiger partial charge >= 0.3 is 0 Å². The van der Waals surface area contributed by atoms with Crippen molar-refractivity contribution in [2.45, 2.75) is 17.8 Å². The Kier molecular flexibility index (Phi) is 6.10. The van der Waals surface area contributed by atoms with E-state index in [1.807, 2.05) is 22.9 Å². The van der Waals surface area contributed by atoms with Gasteiger partial charge in [-0.05, 0) is 48.9 Å². The van der Waals surface area contributed by atoms with E-state index in [0.717, 1.165) is 21.6 Å². The number of nitrogens with zero attached hydrogens (tertiary/aromatic N) is 4. The Morgan fingerprint density at radius 1 is 1.20 bits per heavy atom. The second kappa shape index (κ2) is 9.10. The summed E-state index contributed by atoms with van der Waals surface area (Å²) in [4.78, 5) is 16.9. The van der Waals surface area contributed by atoms with Crippen molar-refractivity contribution < 1.29 is 9.53 Å². The molecular weight excluding hydrogens is 418 g/mol. The van der Waals surface area contributed by atoms with Crippen molar-refractivity contribution in [3.8, 4) is 11.4 Å². The maximum atomic E-state index is 12.4. The molecule has 0 aliphatic rings. The van der Waals surface area contributed by atoms with E-state index in [-0.39, 0.29) is 5.91 Å². The van der Waals surface area contributed by atoms with Crippen LogP contribution in [0.25, 0.3) is 5.69 Å². The summed E-state index contributed by atoms with van der Waals surface area (Å²) in [5, 5.41) is 12.9. The highest BCUT2D eigenvalue weighted by Crippen LogP contribution is 2.26. The van der Waals surface area contributed by atoms with E-state index in [0.29, 0.717) is 16.4 Å². The van der Waals surface area contributed by atoms with Crippen LogP contribution in [0.1, 0.15) is 20.4 Å². The van der Waals surface area contributed by atoms with Crippen molar-refractivity contribution >= 4 is 34.7 Å². The van der Waals surface area contributed by atoms with Gasteiger partial charge in [0.25, 0.3) is 5.91 Å². The van der Waals surface area contributed by atoms with Crippen molar-refractivity contribution in [2.75, 3.05) is 12.4 Å². The summed E-state index contributed by atoms with van der Waals surface area (Å²) in [7, 11) is 1.60. The lowest BCUT2D eigenvalue weighted by atomic mass is 10.2. The molecule has 4 rings (SSSR count). The molecule has 4 aromatic rings. The number of rotatable bonds is 7. The summed E-state index contributed by atoms with van der Waals surface area (Å²) in [6, 6.07) is 15.4. The Morgan fingerprint density at radius 3 is 2.80 bits per heavy atom. The molecule has 2 aromatic heterocycles. The summed E-state index contributed by atoms with van der Waals surface area (Å²) in [6.07, 6.45) is 3.71. The van der Waals surface area contributed by atoms with Gasteiger partial charge in [0.2, 0.25) is 5.01 Å². The Bertz CT molecular complexity index is 1150. The van der Waals surface area contributed by atoms with Crippen LogP contribution < -0.4 is 10.1 Å². The molecule has 2 aromatic carbocycles. The molecular formula is C21H19N5O2S2. The lowest BCUT2D eigenvalue weighted by Crippen LogP contribution is -2.11. The van der Waals surface area contributed by atoms with E-state index >= 15 is 0 Å². The molecule has 30 heavy (non-hydrogen) atoms. The number of amides is 1. The molecule has 0 radical (unpaired) electrons. The highest BCUT2D eigenvalue weighted by molar-refractivity contribution is 7.98. The van der Waals surface area contributed by atoms with E-state index in [1.165, 1.54) is 16.9 Å². The standard InChI is InChI=1S/C21H19N5O2S2/c1-14-4-3-5-16(12-14)26-11-10-22-21(26)29-13-18-24-25-20(30-18)19(27)23-15-6-8-17(28-2)9-7-15/h3-12H,13H2,1-2H3,(H,23,27). The first-order chi connectivity index (χ1) is 14.6.